The minimum Gasteiger partial charge on any atom is -0.373 e. The summed E-state index contributed by atoms with van der Waals surface area (Å²) in [4.78, 5) is 10.3. The number of hydrogen-bond acceptors (Lipinski definition) is 4. The summed E-state index contributed by atoms with van der Waals surface area (Å²) in [5, 5.41) is 10.7. The molecule has 18 heavy (non-hydrogen) atoms. The highest BCUT2D eigenvalue weighted by Gasteiger charge is 2.19. The lowest BCUT2D eigenvalue weighted by Gasteiger charge is -2.26. The molecule has 0 bridgehead atoms. The summed E-state index contributed by atoms with van der Waals surface area (Å²) in [6.07, 6.45) is 4.27. The van der Waals surface area contributed by atoms with Gasteiger partial charge in [0.1, 0.15) is 0 Å². The highest BCUT2D eigenvalue weighted by atomic mass is 16.6. The van der Waals surface area contributed by atoms with Gasteiger partial charge in [-0.3, -0.25) is 10.1 Å². The molecule has 1 fully saturated rings. The van der Waals surface area contributed by atoms with Gasteiger partial charge in [0.05, 0.1) is 17.6 Å². The molecule has 0 aliphatic heterocycles. The molecule has 98 valence electrons. The first-order valence-corrected chi connectivity index (χ1v) is 6.25. The Labute approximate surface area is 106 Å². The van der Waals surface area contributed by atoms with E-state index in [0.29, 0.717) is 6.61 Å². The number of nitrogens with two attached hydrogens (primary N) is 1. The summed E-state index contributed by atoms with van der Waals surface area (Å²) < 4.78 is 5.77. The van der Waals surface area contributed by atoms with Crippen molar-refractivity contribution in [2.45, 2.75) is 44.4 Å². The Hall–Kier alpha value is -1.46. The number of hydrogen-bond donors (Lipinski definition) is 1. The fourth-order valence-electron chi connectivity index (χ4n) is 2.31. The standard InChI is InChI=1S/C13H18N2O3/c14-11-4-2-6-13(8-11)18-9-10-3-1-5-12(7-10)15(16)17/h1,3,5,7,11,13H,2,4,6,8-9,14H2. The molecule has 0 saturated heterocycles. The average Bonchev–Trinajstić information content (AvgIpc) is 2.37. The first-order valence-electron chi connectivity index (χ1n) is 6.25. The van der Waals surface area contributed by atoms with E-state index in [0.717, 1.165) is 31.2 Å². The fraction of sp³-hybridized carbons (Fsp3) is 0.538. The number of benzene rings is 1. The number of nitro benzene ring substituents is 1. The molecule has 5 nitrogen and oxygen atoms in total. The van der Waals surface area contributed by atoms with Gasteiger partial charge in [-0.1, -0.05) is 12.1 Å². The summed E-state index contributed by atoms with van der Waals surface area (Å²) in [5.41, 5.74) is 6.83. The van der Waals surface area contributed by atoms with Crippen LogP contribution in [-0.2, 0) is 11.3 Å². The minimum absolute atomic E-state index is 0.108. The second-order valence-electron chi connectivity index (χ2n) is 4.79. The maximum atomic E-state index is 10.7. The van der Waals surface area contributed by atoms with Crippen molar-refractivity contribution >= 4 is 5.69 Å². The van der Waals surface area contributed by atoms with Crippen molar-refractivity contribution < 1.29 is 9.66 Å². The number of nitro groups is 1. The lowest BCUT2D eigenvalue weighted by atomic mass is 9.93. The van der Waals surface area contributed by atoms with Gasteiger partial charge >= 0.3 is 0 Å². The van der Waals surface area contributed by atoms with Crippen molar-refractivity contribution in [1.82, 2.24) is 0 Å². The van der Waals surface area contributed by atoms with Gasteiger partial charge in [0, 0.05) is 18.2 Å². The van der Waals surface area contributed by atoms with Crippen LogP contribution in [0.3, 0.4) is 0 Å². The lowest BCUT2D eigenvalue weighted by Crippen LogP contribution is -2.32. The van der Waals surface area contributed by atoms with Crippen LogP contribution in [0.25, 0.3) is 0 Å². The molecule has 0 aromatic heterocycles. The summed E-state index contributed by atoms with van der Waals surface area (Å²) in [6.45, 7) is 0.416. The van der Waals surface area contributed by atoms with Gasteiger partial charge in [0.25, 0.3) is 5.69 Å². The van der Waals surface area contributed by atoms with Crippen molar-refractivity contribution in [1.29, 1.82) is 0 Å². The van der Waals surface area contributed by atoms with E-state index in [4.69, 9.17) is 10.5 Å². The van der Waals surface area contributed by atoms with Crippen molar-refractivity contribution in [3.05, 3.63) is 39.9 Å². The Kier molecular flexibility index (Phi) is 4.28. The zero-order valence-corrected chi connectivity index (χ0v) is 10.2. The minimum atomic E-state index is -0.389. The predicted octanol–water partition coefficient (Wildman–Crippen LogP) is 2.38. The van der Waals surface area contributed by atoms with E-state index in [1.165, 1.54) is 6.07 Å². The van der Waals surface area contributed by atoms with E-state index in [-0.39, 0.29) is 22.8 Å². The van der Waals surface area contributed by atoms with Crippen LogP contribution < -0.4 is 5.73 Å². The van der Waals surface area contributed by atoms with Crippen LogP contribution in [0.4, 0.5) is 5.69 Å². The maximum Gasteiger partial charge on any atom is 0.269 e. The van der Waals surface area contributed by atoms with Crippen LogP contribution >= 0.6 is 0 Å². The Morgan fingerprint density at radius 1 is 1.44 bits per heavy atom. The number of nitrogens with zero attached hydrogens (tertiary/aromatic N) is 1. The SMILES string of the molecule is NC1CCCC(OCc2cccc([N+](=O)[O-])c2)C1. The molecule has 0 radical (unpaired) electrons. The van der Waals surface area contributed by atoms with Gasteiger partial charge in [-0.2, -0.15) is 0 Å². The maximum absolute atomic E-state index is 10.7. The Morgan fingerprint density at radius 2 is 2.28 bits per heavy atom. The fourth-order valence-corrected chi connectivity index (χ4v) is 2.31. The van der Waals surface area contributed by atoms with E-state index >= 15 is 0 Å². The summed E-state index contributed by atoms with van der Waals surface area (Å²) >= 11 is 0. The third-order valence-electron chi connectivity index (χ3n) is 3.27. The van der Waals surface area contributed by atoms with E-state index in [1.54, 1.807) is 12.1 Å². The van der Waals surface area contributed by atoms with Crippen LogP contribution in [-0.4, -0.2) is 17.1 Å². The molecule has 1 aromatic rings. The van der Waals surface area contributed by atoms with Gasteiger partial charge in [-0.15, -0.1) is 0 Å². The first kappa shape index (κ1) is 13.0. The molecule has 1 aromatic carbocycles. The zero-order valence-electron chi connectivity index (χ0n) is 10.2. The molecule has 0 heterocycles. The molecule has 2 rings (SSSR count). The molecule has 0 spiro atoms. The topological polar surface area (TPSA) is 78.4 Å². The highest BCUT2D eigenvalue weighted by molar-refractivity contribution is 5.33. The molecule has 2 unspecified atom stereocenters. The van der Waals surface area contributed by atoms with Crippen LogP contribution in [0.5, 0.6) is 0 Å². The second kappa shape index (κ2) is 5.93. The second-order valence-corrected chi connectivity index (χ2v) is 4.79. The summed E-state index contributed by atoms with van der Waals surface area (Å²) in [5.74, 6) is 0. The number of non-ortho nitro benzene ring substituents is 1. The predicted molar refractivity (Wildman–Crippen MR) is 68.1 cm³/mol. The van der Waals surface area contributed by atoms with E-state index < -0.39 is 0 Å². The molecular formula is C13H18N2O3. The van der Waals surface area contributed by atoms with Gasteiger partial charge in [0.2, 0.25) is 0 Å². The molecule has 2 N–H and O–H groups in total. The van der Waals surface area contributed by atoms with Gasteiger partial charge in [-0.05, 0) is 31.2 Å². The van der Waals surface area contributed by atoms with Crippen molar-refractivity contribution in [2.75, 3.05) is 0 Å². The third kappa shape index (κ3) is 3.51. The Bertz CT molecular complexity index is 422. The van der Waals surface area contributed by atoms with Crippen LogP contribution in [0.15, 0.2) is 24.3 Å². The third-order valence-corrected chi connectivity index (χ3v) is 3.27. The van der Waals surface area contributed by atoms with E-state index in [1.807, 2.05) is 6.07 Å². The monoisotopic (exact) mass is 250 g/mol. The summed E-state index contributed by atoms with van der Waals surface area (Å²) in [6, 6.07) is 6.80. The molecule has 5 heteroatoms. The van der Waals surface area contributed by atoms with Gasteiger partial charge < -0.3 is 10.5 Å². The van der Waals surface area contributed by atoms with E-state index in [9.17, 15) is 10.1 Å². The van der Waals surface area contributed by atoms with Crippen molar-refractivity contribution in [2.24, 2.45) is 5.73 Å². The highest BCUT2D eigenvalue weighted by Crippen LogP contribution is 2.21. The van der Waals surface area contributed by atoms with Crippen molar-refractivity contribution in [3.8, 4) is 0 Å². The van der Waals surface area contributed by atoms with Gasteiger partial charge in [-0.25, -0.2) is 0 Å². The lowest BCUT2D eigenvalue weighted by molar-refractivity contribution is -0.385. The Balaban J connectivity index is 1.89. The molecule has 1 aliphatic rings. The quantitative estimate of drug-likeness (QED) is 0.657. The first-order chi connectivity index (χ1) is 8.65. The van der Waals surface area contributed by atoms with Crippen molar-refractivity contribution in [3.63, 3.8) is 0 Å². The summed E-state index contributed by atoms with van der Waals surface area (Å²) in [7, 11) is 0. The Morgan fingerprint density at radius 3 is 3.00 bits per heavy atom. The average molecular weight is 250 g/mol. The zero-order chi connectivity index (χ0) is 13.0. The van der Waals surface area contributed by atoms with Crippen LogP contribution in [0.1, 0.15) is 31.2 Å². The number of rotatable bonds is 4. The van der Waals surface area contributed by atoms with Crippen LogP contribution in [0, 0.1) is 10.1 Å². The molecule has 0 amide bonds. The molecular weight excluding hydrogens is 232 g/mol. The normalized spacial score (nSPS) is 23.8. The van der Waals surface area contributed by atoms with Gasteiger partial charge in [0.15, 0.2) is 0 Å². The largest absolute Gasteiger partial charge is 0.373 e. The number of ether oxygens (including phenoxy) is 1. The molecule has 1 saturated carbocycles. The smallest absolute Gasteiger partial charge is 0.269 e. The van der Waals surface area contributed by atoms with E-state index in [2.05, 4.69) is 0 Å². The molecule has 1 aliphatic carbocycles. The molecule has 2 atom stereocenters. The van der Waals surface area contributed by atoms with Crippen LogP contribution in [0.2, 0.25) is 0 Å².